The Morgan fingerprint density at radius 1 is 1.25 bits per heavy atom. The van der Waals surface area contributed by atoms with Gasteiger partial charge in [-0.1, -0.05) is 6.07 Å². The molecule has 0 saturated carbocycles. The van der Waals surface area contributed by atoms with E-state index in [1.54, 1.807) is 6.20 Å². The number of hydrogen-bond acceptors (Lipinski definition) is 6. The van der Waals surface area contributed by atoms with Crippen molar-refractivity contribution >= 4 is 11.7 Å². The van der Waals surface area contributed by atoms with E-state index in [9.17, 15) is 4.79 Å². The Balaban J connectivity index is 1.28. The van der Waals surface area contributed by atoms with Gasteiger partial charge in [0.25, 0.3) is 5.91 Å². The molecule has 1 N–H and O–H groups in total. The van der Waals surface area contributed by atoms with E-state index in [4.69, 9.17) is 4.74 Å². The fourth-order valence-corrected chi connectivity index (χ4v) is 5.10. The Bertz CT molecular complexity index is 885. The van der Waals surface area contributed by atoms with E-state index < -0.39 is 0 Å². The maximum Gasteiger partial charge on any atom is 0.271 e. The fraction of sp³-hybridized carbons (Fsp3) is 0.524. The molecule has 5 heterocycles. The van der Waals surface area contributed by atoms with Gasteiger partial charge >= 0.3 is 0 Å². The van der Waals surface area contributed by atoms with Crippen molar-refractivity contribution in [2.45, 2.75) is 38.4 Å². The van der Waals surface area contributed by atoms with Crippen molar-refractivity contribution in [1.82, 2.24) is 20.3 Å². The van der Waals surface area contributed by atoms with Gasteiger partial charge in [-0.3, -0.25) is 9.78 Å². The number of nitrogens with zero attached hydrogens (tertiary/aromatic N) is 4. The van der Waals surface area contributed by atoms with Crippen LogP contribution in [0.4, 0.5) is 5.82 Å². The maximum atomic E-state index is 12.5. The van der Waals surface area contributed by atoms with Crippen LogP contribution in [0.25, 0.3) is 0 Å². The molecule has 0 aromatic carbocycles. The maximum absolute atomic E-state index is 12.5. The third-order valence-electron chi connectivity index (χ3n) is 6.52. The fourth-order valence-electron chi connectivity index (χ4n) is 5.10. The first-order valence-electron chi connectivity index (χ1n) is 9.96. The Morgan fingerprint density at radius 3 is 2.89 bits per heavy atom. The molecule has 0 radical (unpaired) electrons. The highest BCUT2D eigenvalue weighted by atomic mass is 16.5. The number of pyridine rings is 1. The van der Waals surface area contributed by atoms with Crippen LogP contribution < -0.4 is 10.2 Å². The molecule has 0 unspecified atom stereocenters. The topological polar surface area (TPSA) is 80.2 Å². The first-order chi connectivity index (χ1) is 13.5. The smallest absolute Gasteiger partial charge is 0.271 e. The lowest BCUT2D eigenvalue weighted by Gasteiger charge is -2.29. The number of hydrogen-bond donors (Lipinski definition) is 1. The van der Waals surface area contributed by atoms with Crippen molar-refractivity contribution in [3.05, 3.63) is 47.7 Å². The monoisotopic (exact) mass is 379 g/mol. The second kappa shape index (κ2) is 6.51. The van der Waals surface area contributed by atoms with Gasteiger partial charge in [-0.05, 0) is 38.3 Å². The second-order valence-electron chi connectivity index (χ2n) is 8.36. The number of carbonyl (C=O) groups is 1. The van der Waals surface area contributed by atoms with E-state index in [0.29, 0.717) is 24.1 Å². The average Bonchev–Trinajstić information content (AvgIpc) is 3.36. The molecule has 3 saturated heterocycles. The molecular weight excluding hydrogens is 354 g/mol. The first kappa shape index (κ1) is 17.6. The Morgan fingerprint density at radius 2 is 2.14 bits per heavy atom. The summed E-state index contributed by atoms with van der Waals surface area (Å²) in [5.74, 6) is 1.59. The van der Waals surface area contributed by atoms with Crippen molar-refractivity contribution < 1.29 is 9.53 Å². The van der Waals surface area contributed by atoms with Gasteiger partial charge in [0, 0.05) is 43.9 Å². The molecule has 2 aromatic heterocycles. The largest absolute Gasteiger partial charge is 0.369 e. The summed E-state index contributed by atoms with van der Waals surface area (Å²) in [7, 11) is 0. The van der Waals surface area contributed by atoms with Gasteiger partial charge in [0.15, 0.2) is 0 Å². The SMILES string of the molecule is Cc1ccc(N2C[C@@H]3[C@H](CNC(=O)c4cnc(C)cn4)[C@H]4CC[C@]3(C2)O4)nc1. The summed E-state index contributed by atoms with van der Waals surface area (Å²) in [6.45, 7) is 6.33. The lowest BCUT2D eigenvalue weighted by atomic mass is 9.73. The highest BCUT2D eigenvalue weighted by Gasteiger charge is 2.63. The minimum absolute atomic E-state index is 0.0870. The minimum atomic E-state index is -0.167. The van der Waals surface area contributed by atoms with E-state index in [-0.39, 0.29) is 17.6 Å². The normalized spacial score (nSPS) is 30.5. The molecule has 3 aliphatic heterocycles. The number of carbonyl (C=O) groups excluding carboxylic acids is 1. The number of anilines is 1. The molecule has 4 atom stereocenters. The summed E-state index contributed by atoms with van der Waals surface area (Å²) >= 11 is 0. The predicted molar refractivity (Wildman–Crippen MR) is 104 cm³/mol. The standard InChI is InChI=1S/C21H25N5O2/c1-13-3-4-19(24-7-13)26-11-16-15(18-5-6-21(16,12-26)28-18)9-25-20(27)17-10-22-14(2)8-23-17/h3-4,7-8,10,15-16,18H,5-6,9,11-12H2,1-2H3,(H,25,27)/t15-,16+,18+,21+/m0/s1. The van der Waals surface area contributed by atoms with Crippen molar-refractivity contribution in [3.8, 4) is 0 Å². The van der Waals surface area contributed by atoms with Crippen LogP contribution >= 0.6 is 0 Å². The number of rotatable bonds is 4. The zero-order valence-corrected chi connectivity index (χ0v) is 16.3. The molecule has 7 nitrogen and oxygen atoms in total. The van der Waals surface area contributed by atoms with Crippen LogP contribution in [0.15, 0.2) is 30.7 Å². The molecular formula is C21H25N5O2. The molecule has 7 heteroatoms. The zero-order chi connectivity index (χ0) is 19.3. The molecule has 5 rings (SSSR count). The molecule has 2 bridgehead atoms. The Hall–Kier alpha value is -2.54. The second-order valence-corrected chi connectivity index (χ2v) is 8.36. The van der Waals surface area contributed by atoms with E-state index in [2.05, 4.69) is 44.2 Å². The summed E-state index contributed by atoms with van der Waals surface area (Å²) in [5, 5.41) is 3.06. The number of amides is 1. The minimum Gasteiger partial charge on any atom is -0.369 e. The van der Waals surface area contributed by atoms with Crippen molar-refractivity contribution in [2.75, 3.05) is 24.5 Å². The lowest BCUT2D eigenvalue weighted by Crippen LogP contribution is -2.42. The number of fused-ring (bicyclic) bond motifs is 1. The summed E-state index contributed by atoms with van der Waals surface area (Å²) in [6.07, 6.45) is 7.47. The van der Waals surface area contributed by atoms with Crippen molar-refractivity contribution in [1.29, 1.82) is 0 Å². The lowest BCUT2D eigenvalue weighted by molar-refractivity contribution is 0.0141. The van der Waals surface area contributed by atoms with Crippen molar-refractivity contribution in [2.24, 2.45) is 11.8 Å². The molecule has 3 fully saturated rings. The Labute approximate surface area is 164 Å². The van der Waals surface area contributed by atoms with Crippen molar-refractivity contribution in [3.63, 3.8) is 0 Å². The third kappa shape index (κ3) is 2.85. The van der Waals surface area contributed by atoms with Gasteiger partial charge in [0.05, 0.1) is 23.6 Å². The van der Waals surface area contributed by atoms with Crippen LogP contribution in [-0.4, -0.2) is 52.2 Å². The quantitative estimate of drug-likeness (QED) is 0.874. The van der Waals surface area contributed by atoms with Gasteiger partial charge in [-0.2, -0.15) is 0 Å². The van der Waals surface area contributed by atoms with Gasteiger partial charge in [-0.25, -0.2) is 9.97 Å². The summed E-state index contributed by atoms with van der Waals surface area (Å²) in [5.41, 5.74) is 2.24. The molecule has 3 aliphatic rings. The van der Waals surface area contributed by atoms with Gasteiger partial charge in [0.1, 0.15) is 11.5 Å². The number of ether oxygens (including phenoxy) is 1. The van der Waals surface area contributed by atoms with Crippen LogP contribution in [0.2, 0.25) is 0 Å². The van der Waals surface area contributed by atoms with Crippen LogP contribution in [0.3, 0.4) is 0 Å². The molecule has 0 aliphatic carbocycles. The summed E-state index contributed by atoms with van der Waals surface area (Å²) in [6, 6.07) is 4.19. The number of aryl methyl sites for hydroxylation is 2. The van der Waals surface area contributed by atoms with Crippen LogP contribution in [0.5, 0.6) is 0 Å². The Kier molecular flexibility index (Phi) is 4.08. The number of aromatic nitrogens is 3. The van der Waals surface area contributed by atoms with E-state index in [1.807, 2.05) is 13.1 Å². The molecule has 1 amide bonds. The van der Waals surface area contributed by atoms with Crippen LogP contribution in [-0.2, 0) is 4.74 Å². The molecule has 28 heavy (non-hydrogen) atoms. The molecule has 1 spiro atoms. The van der Waals surface area contributed by atoms with Crippen LogP contribution in [0.1, 0.15) is 34.6 Å². The summed E-state index contributed by atoms with van der Waals surface area (Å²) < 4.78 is 6.48. The third-order valence-corrected chi connectivity index (χ3v) is 6.52. The summed E-state index contributed by atoms with van der Waals surface area (Å²) in [4.78, 5) is 27.7. The highest BCUT2D eigenvalue weighted by Crippen LogP contribution is 2.55. The van der Waals surface area contributed by atoms with Crippen LogP contribution in [0, 0.1) is 25.7 Å². The van der Waals surface area contributed by atoms with Gasteiger partial charge < -0.3 is 15.0 Å². The van der Waals surface area contributed by atoms with Gasteiger partial charge in [-0.15, -0.1) is 0 Å². The van der Waals surface area contributed by atoms with E-state index >= 15 is 0 Å². The zero-order valence-electron chi connectivity index (χ0n) is 16.3. The average molecular weight is 379 g/mol. The van der Waals surface area contributed by atoms with E-state index in [1.165, 1.54) is 11.8 Å². The van der Waals surface area contributed by atoms with Gasteiger partial charge in [0.2, 0.25) is 0 Å². The first-order valence-corrected chi connectivity index (χ1v) is 9.96. The molecule has 2 aromatic rings. The number of nitrogens with one attached hydrogen (secondary N) is 1. The predicted octanol–water partition coefficient (Wildman–Crippen LogP) is 1.90. The van der Waals surface area contributed by atoms with E-state index in [0.717, 1.165) is 37.4 Å². The highest BCUT2D eigenvalue weighted by molar-refractivity contribution is 5.91. The molecule has 146 valence electrons.